The van der Waals surface area contributed by atoms with E-state index >= 15 is 0 Å². The summed E-state index contributed by atoms with van der Waals surface area (Å²) in [6.07, 6.45) is 3.18. The number of carboxylic acids is 1. The molecule has 1 N–H and O–H groups in total. The molecule has 1 aliphatic carbocycles. The molecule has 1 heterocycles. The van der Waals surface area contributed by atoms with Gasteiger partial charge in [-0.15, -0.1) is 11.3 Å². The van der Waals surface area contributed by atoms with Gasteiger partial charge in [0.05, 0.1) is 12.0 Å². The number of nitriles is 1. The van der Waals surface area contributed by atoms with Crippen molar-refractivity contribution in [1.82, 2.24) is 0 Å². The molecule has 0 aliphatic heterocycles. The van der Waals surface area contributed by atoms with Gasteiger partial charge in [0, 0.05) is 18.0 Å². The van der Waals surface area contributed by atoms with Crippen molar-refractivity contribution in [2.75, 3.05) is 11.4 Å². The number of benzene rings is 1. The molecular weight excluding hydrogens is 308 g/mol. The smallest absolute Gasteiger partial charge is 0.305 e. The van der Waals surface area contributed by atoms with E-state index < -0.39 is 5.97 Å². The minimum absolute atomic E-state index is 0.0697. The lowest BCUT2D eigenvalue weighted by Gasteiger charge is -2.23. The zero-order chi connectivity index (χ0) is 16.2. The van der Waals surface area contributed by atoms with E-state index in [0.29, 0.717) is 13.1 Å². The van der Waals surface area contributed by atoms with Crippen molar-refractivity contribution in [1.29, 1.82) is 5.26 Å². The summed E-state index contributed by atoms with van der Waals surface area (Å²) in [5.74, 6) is -0.814. The largest absolute Gasteiger partial charge is 0.481 e. The Morgan fingerprint density at radius 1 is 1.30 bits per heavy atom. The van der Waals surface area contributed by atoms with Crippen molar-refractivity contribution in [3.63, 3.8) is 0 Å². The number of anilines is 1. The van der Waals surface area contributed by atoms with Crippen LogP contribution >= 0.6 is 11.3 Å². The number of rotatable bonds is 6. The van der Waals surface area contributed by atoms with Gasteiger partial charge < -0.3 is 10.0 Å². The van der Waals surface area contributed by atoms with Gasteiger partial charge in [-0.3, -0.25) is 4.79 Å². The summed E-state index contributed by atoms with van der Waals surface area (Å²) in [7, 11) is 0. The van der Waals surface area contributed by atoms with Crippen molar-refractivity contribution in [3.05, 3.63) is 51.9 Å². The Morgan fingerprint density at radius 2 is 2.09 bits per heavy atom. The second kappa shape index (κ2) is 6.84. The van der Waals surface area contributed by atoms with Gasteiger partial charge in [-0.25, -0.2) is 0 Å². The van der Waals surface area contributed by atoms with Crippen LogP contribution in [-0.2, 0) is 24.2 Å². The first-order valence-electron chi connectivity index (χ1n) is 7.74. The minimum Gasteiger partial charge on any atom is -0.481 e. The van der Waals surface area contributed by atoms with E-state index in [9.17, 15) is 10.1 Å². The summed E-state index contributed by atoms with van der Waals surface area (Å²) < 4.78 is 0. The van der Waals surface area contributed by atoms with Crippen LogP contribution in [0.5, 0.6) is 0 Å². The van der Waals surface area contributed by atoms with E-state index in [0.717, 1.165) is 35.4 Å². The van der Waals surface area contributed by atoms with Crippen molar-refractivity contribution in [2.24, 2.45) is 0 Å². The molecule has 1 aliphatic rings. The number of hydrogen-bond acceptors (Lipinski definition) is 4. The number of fused-ring (bicyclic) bond motifs is 1. The van der Waals surface area contributed by atoms with Gasteiger partial charge in [0.15, 0.2) is 0 Å². The molecule has 0 saturated heterocycles. The lowest BCUT2D eigenvalue weighted by Crippen LogP contribution is -2.25. The van der Waals surface area contributed by atoms with Gasteiger partial charge in [0.25, 0.3) is 0 Å². The number of carboxylic acid groups (broad SMARTS) is 1. The number of aryl methyl sites for hydroxylation is 1. The Bertz CT molecular complexity index is 746. The molecule has 5 heteroatoms. The molecular formula is C18H18N2O2S. The molecule has 0 unspecified atom stereocenters. The molecule has 2 aromatic rings. The fraction of sp³-hybridized carbons (Fsp3) is 0.333. The first-order chi connectivity index (χ1) is 11.2. The number of hydrogen-bond donors (Lipinski definition) is 1. The zero-order valence-corrected chi connectivity index (χ0v) is 13.6. The van der Waals surface area contributed by atoms with E-state index in [1.807, 2.05) is 35.2 Å². The average molecular weight is 326 g/mol. The molecule has 0 bridgehead atoms. The Kier molecular flexibility index (Phi) is 4.63. The summed E-state index contributed by atoms with van der Waals surface area (Å²) in [4.78, 5) is 14.3. The van der Waals surface area contributed by atoms with Crippen molar-refractivity contribution >= 4 is 22.3 Å². The molecule has 0 amide bonds. The predicted octanol–water partition coefficient (Wildman–Crippen LogP) is 3.59. The van der Waals surface area contributed by atoms with Crippen LogP contribution in [0.2, 0.25) is 0 Å². The normalized spacial score (nSPS) is 12.7. The molecule has 0 radical (unpaired) electrons. The fourth-order valence-electron chi connectivity index (χ4n) is 3.01. The number of aliphatic carboxylic acids is 1. The van der Waals surface area contributed by atoms with E-state index in [2.05, 4.69) is 6.07 Å². The average Bonchev–Trinajstić information content (AvgIpc) is 3.12. The van der Waals surface area contributed by atoms with Crippen LogP contribution in [0.15, 0.2) is 30.3 Å². The molecule has 3 rings (SSSR count). The lowest BCUT2D eigenvalue weighted by atomic mass is 10.1. The van der Waals surface area contributed by atoms with Crippen LogP contribution in [0.1, 0.15) is 34.4 Å². The zero-order valence-electron chi connectivity index (χ0n) is 12.8. The molecule has 0 fully saturated rings. The Labute approximate surface area is 139 Å². The first kappa shape index (κ1) is 15.6. The van der Waals surface area contributed by atoms with Crippen LogP contribution in [-0.4, -0.2) is 17.6 Å². The maximum absolute atomic E-state index is 11.0. The topological polar surface area (TPSA) is 64.3 Å². The SMILES string of the molecule is N#Cc1c(N(CCC(=O)O)Cc2ccccc2)sc2c1CCC2. The van der Waals surface area contributed by atoms with Gasteiger partial charge in [-0.2, -0.15) is 5.26 Å². The fourth-order valence-corrected chi connectivity index (χ4v) is 4.38. The molecule has 0 spiro atoms. The Morgan fingerprint density at radius 3 is 2.78 bits per heavy atom. The molecule has 0 saturated carbocycles. The van der Waals surface area contributed by atoms with Gasteiger partial charge in [-0.1, -0.05) is 30.3 Å². The molecule has 1 aromatic heterocycles. The molecule has 23 heavy (non-hydrogen) atoms. The van der Waals surface area contributed by atoms with Gasteiger partial charge in [0.2, 0.25) is 0 Å². The van der Waals surface area contributed by atoms with Crippen LogP contribution in [0.25, 0.3) is 0 Å². The van der Waals surface area contributed by atoms with Crippen molar-refractivity contribution in [2.45, 2.75) is 32.2 Å². The second-order valence-corrected chi connectivity index (χ2v) is 6.78. The predicted molar refractivity (Wildman–Crippen MR) is 90.8 cm³/mol. The second-order valence-electron chi connectivity index (χ2n) is 5.70. The molecule has 1 aromatic carbocycles. The maximum atomic E-state index is 11.0. The summed E-state index contributed by atoms with van der Waals surface area (Å²) >= 11 is 1.66. The minimum atomic E-state index is -0.814. The summed E-state index contributed by atoms with van der Waals surface area (Å²) in [5.41, 5.74) is 3.06. The number of carbonyl (C=O) groups is 1. The third-order valence-corrected chi connectivity index (χ3v) is 5.47. The van der Waals surface area contributed by atoms with E-state index in [1.165, 1.54) is 10.4 Å². The maximum Gasteiger partial charge on any atom is 0.305 e. The van der Waals surface area contributed by atoms with Crippen LogP contribution in [0.3, 0.4) is 0 Å². The van der Waals surface area contributed by atoms with Gasteiger partial charge >= 0.3 is 5.97 Å². The van der Waals surface area contributed by atoms with E-state index in [4.69, 9.17) is 5.11 Å². The number of nitrogens with zero attached hydrogens (tertiary/aromatic N) is 2. The van der Waals surface area contributed by atoms with E-state index in [-0.39, 0.29) is 6.42 Å². The van der Waals surface area contributed by atoms with E-state index in [1.54, 1.807) is 11.3 Å². The lowest BCUT2D eigenvalue weighted by molar-refractivity contribution is -0.136. The standard InChI is InChI=1S/C18H18N2O2S/c19-11-15-14-7-4-8-16(14)23-18(15)20(10-9-17(21)22)12-13-5-2-1-3-6-13/h1-3,5-6H,4,7-10,12H2,(H,21,22). The Hall–Kier alpha value is -2.32. The highest BCUT2D eigenvalue weighted by Gasteiger charge is 2.25. The summed E-state index contributed by atoms with van der Waals surface area (Å²) in [5, 5.41) is 19.5. The molecule has 4 nitrogen and oxygen atoms in total. The van der Waals surface area contributed by atoms with Gasteiger partial charge in [0.1, 0.15) is 11.1 Å². The van der Waals surface area contributed by atoms with Crippen LogP contribution in [0, 0.1) is 11.3 Å². The molecule has 118 valence electrons. The number of thiophene rings is 1. The summed E-state index contributed by atoms with van der Waals surface area (Å²) in [6, 6.07) is 12.3. The first-order valence-corrected chi connectivity index (χ1v) is 8.56. The van der Waals surface area contributed by atoms with Gasteiger partial charge in [-0.05, 0) is 30.4 Å². The quantitative estimate of drug-likeness (QED) is 0.881. The highest BCUT2D eigenvalue weighted by molar-refractivity contribution is 7.16. The third kappa shape index (κ3) is 3.38. The highest BCUT2D eigenvalue weighted by atomic mass is 32.1. The van der Waals surface area contributed by atoms with Crippen LogP contribution < -0.4 is 4.90 Å². The van der Waals surface area contributed by atoms with Crippen molar-refractivity contribution < 1.29 is 9.90 Å². The highest BCUT2D eigenvalue weighted by Crippen LogP contribution is 2.41. The Balaban J connectivity index is 1.92. The summed E-state index contributed by atoms with van der Waals surface area (Å²) in [6.45, 7) is 1.04. The van der Waals surface area contributed by atoms with Crippen LogP contribution in [0.4, 0.5) is 5.00 Å². The third-order valence-electron chi connectivity index (χ3n) is 4.11. The van der Waals surface area contributed by atoms with Crippen molar-refractivity contribution in [3.8, 4) is 6.07 Å². The molecule has 0 atom stereocenters. The monoisotopic (exact) mass is 326 g/mol.